The molecule has 1 atom stereocenters. The average Bonchev–Trinajstić information content (AvgIpc) is 2.99. The minimum absolute atomic E-state index is 0.167. The maximum absolute atomic E-state index is 14.3. The summed E-state index contributed by atoms with van der Waals surface area (Å²) in [4.78, 5) is 7.50. The van der Waals surface area contributed by atoms with Crippen LogP contribution < -0.4 is 14.1 Å². The molecule has 2 saturated heterocycles. The Morgan fingerprint density at radius 3 is 2.20 bits per heavy atom. The van der Waals surface area contributed by atoms with Gasteiger partial charge in [0.1, 0.15) is 0 Å². The quantitative estimate of drug-likeness (QED) is 0.447. The van der Waals surface area contributed by atoms with Crippen LogP contribution in [0.1, 0.15) is 23.1 Å². The molecule has 0 spiro atoms. The Morgan fingerprint density at radius 2 is 1.50 bits per heavy atom. The van der Waals surface area contributed by atoms with E-state index in [-0.39, 0.29) is 6.04 Å². The Morgan fingerprint density at radius 1 is 0.800 bits per heavy atom. The number of sulfonamides is 1. The van der Waals surface area contributed by atoms with E-state index in [1.165, 1.54) is 22.4 Å². The Labute approximate surface area is 239 Å². The molecule has 212 valence electrons. The maximum atomic E-state index is 14.3. The number of ether oxygens (including phenoxy) is 1. The van der Waals surface area contributed by atoms with Crippen molar-refractivity contribution in [1.29, 1.82) is 0 Å². The zero-order valence-corrected chi connectivity index (χ0v) is 24.4. The highest BCUT2D eigenvalue weighted by Crippen LogP contribution is 2.38. The molecule has 2 heterocycles. The van der Waals surface area contributed by atoms with Crippen LogP contribution in [0.25, 0.3) is 0 Å². The first kappa shape index (κ1) is 27.1. The van der Waals surface area contributed by atoms with E-state index in [1.54, 1.807) is 28.6 Å². The normalized spacial score (nSPS) is 20.3. The molecule has 0 saturated carbocycles. The van der Waals surface area contributed by atoms with Crippen LogP contribution in [0.4, 0.5) is 17.1 Å². The van der Waals surface area contributed by atoms with E-state index < -0.39 is 10.0 Å². The van der Waals surface area contributed by atoms with E-state index in [9.17, 15) is 8.42 Å². The average molecular weight is 561 g/mol. The number of benzene rings is 3. The minimum atomic E-state index is -3.77. The maximum Gasteiger partial charge on any atom is 0.264 e. The SMILES string of the molecule is Cc1ccc(N2CCN(C)CC2)c2c1CCC(N(c1ccc(N3CCOCC3)cc1)S(=O)(=O)c1ccccc1)C2. The van der Waals surface area contributed by atoms with E-state index >= 15 is 0 Å². The molecule has 40 heavy (non-hydrogen) atoms. The fourth-order valence-electron chi connectivity index (χ4n) is 6.45. The Bertz CT molecular complexity index is 1410. The monoisotopic (exact) mass is 560 g/mol. The highest BCUT2D eigenvalue weighted by atomic mass is 32.2. The van der Waals surface area contributed by atoms with Gasteiger partial charge in [-0.1, -0.05) is 24.3 Å². The second kappa shape index (κ2) is 11.4. The van der Waals surface area contributed by atoms with Crippen molar-refractivity contribution < 1.29 is 13.2 Å². The topological polar surface area (TPSA) is 56.3 Å². The molecule has 3 aromatic rings. The van der Waals surface area contributed by atoms with Crippen LogP contribution in [0.15, 0.2) is 71.6 Å². The van der Waals surface area contributed by atoms with E-state index in [0.717, 1.165) is 63.5 Å². The lowest BCUT2D eigenvalue weighted by atomic mass is 9.84. The molecule has 2 aliphatic heterocycles. The summed E-state index contributed by atoms with van der Waals surface area (Å²) in [7, 11) is -1.59. The van der Waals surface area contributed by atoms with Gasteiger partial charge in [-0.2, -0.15) is 0 Å². The zero-order chi connectivity index (χ0) is 27.7. The molecular weight excluding hydrogens is 520 g/mol. The number of morpholine rings is 1. The van der Waals surface area contributed by atoms with Crippen LogP contribution in [0.3, 0.4) is 0 Å². The van der Waals surface area contributed by atoms with Crippen LogP contribution in [-0.4, -0.2) is 78.9 Å². The molecular formula is C32H40N4O3S. The predicted octanol–water partition coefficient (Wildman–Crippen LogP) is 4.34. The fourth-order valence-corrected chi connectivity index (χ4v) is 8.15. The second-order valence-electron chi connectivity index (χ2n) is 11.3. The summed E-state index contributed by atoms with van der Waals surface area (Å²) in [6.07, 6.45) is 2.37. The number of aryl methyl sites for hydroxylation is 1. The molecule has 0 amide bonds. The molecule has 1 unspecified atom stereocenters. The number of nitrogens with zero attached hydrogens (tertiary/aromatic N) is 4. The summed E-state index contributed by atoms with van der Waals surface area (Å²) in [6, 6.07) is 21.3. The van der Waals surface area contributed by atoms with Gasteiger partial charge in [-0.05, 0) is 92.4 Å². The Balaban J connectivity index is 1.37. The van der Waals surface area contributed by atoms with E-state index in [2.05, 4.69) is 52.9 Å². The molecule has 1 aliphatic carbocycles. The molecule has 0 radical (unpaired) electrons. The van der Waals surface area contributed by atoms with Crippen LogP contribution in [0.5, 0.6) is 0 Å². The van der Waals surface area contributed by atoms with Crippen molar-refractivity contribution in [2.75, 3.05) is 73.6 Å². The van der Waals surface area contributed by atoms with Gasteiger partial charge in [0.2, 0.25) is 0 Å². The number of hydrogen-bond acceptors (Lipinski definition) is 6. The standard InChI is InChI=1S/C32H40N4O3S/c1-25-8-15-32(35-18-16-33(2)17-19-35)31-24-28(13-14-30(25)31)36(40(37,38)29-6-4-3-5-7-29)27-11-9-26(10-12-27)34-20-22-39-23-21-34/h3-12,15,28H,13-14,16-24H2,1-2H3. The van der Waals surface area contributed by atoms with Crippen molar-refractivity contribution in [3.05, 3.63) is 83.4 Å². The summed E-state index contributed by atoms with van der Waals surface area (Å²) < 4.78 is 35.8. The van der Waals surface area contributed by atoms with Crippen LogP contribution in [0, 0.1) is 6.92 Å². The first-order valence-corrected chi connectivity index (χ1v) is 15.9. The van der Waals surface area contributed by atoms with Gasteiger partial charge in [-0.15, -0.1) is 0 Å². The van der Waals surface area contributed by atoms with Crippen LogP contribution >= 0.6 is 0 Å². The molecule has 0 bridgehead atoms. The second-order valence-corrected chi connectivity index (χ2v) is 13.1. The van der Waals surface area contributed by atoms with Crippen molar-refractivity contribution in [2.24, 2.45) is 0 Å². The highest BCUT2D eigenvalue weighted by Gasteiger charge is 2.36. The summed E-state index contributed by atoms with van der Waals surface area (Å²) in [5.74, 6) is 0. The number of fused-ring (bicyclic) bond motifs is 1. The zero-order valence-electron chi connectivity index (χ0n) is 23.6. The molecule has 3 aromatic carbocycles. The molecule has 3 aliphatic rings. The molecule has 6 rings (SSSR count). The smallest absolute Gasteiger partial charge is 0.264 e. The third-order valence-corrected chi connectivity index (χ3v) is 10.7. The predicted molar refractivity (Wildman–Crippen MR) is 162 cm³/mol. The first-order valence-electron chi connectivity index (χ1n) is 14.5. The lowest BCUT2D eigenvalue weighted by molar-refractivity contribution is 0.122. The minimum Gasteiger partial charge on any atom is -0.378 e. The number of anilines is 3. The lowest BCUT2D eigenvalue weighted by Gasteiger charge is -2.40. The van der Waals surface area contributed by atoms with Gasteiger partial charge in [0.05, 0.1) is 23.8 Å². The number of likely N-dealkylation sites (N-methyl/N-ethyl adjacent to an activating group) is 1. The van der Waals surface area contributed by atoms with Gasteiger partial charge in [-0.25, -0.2) is 8.42 Å². The van der Waals surface area contributed by atoms with Crippen molar-refractivity contribution in [3.8, 4) is 0 Å². The molecule has 8 heteroatoms. The molecule has 0 aromatic heterocycles. The first-order chi connectivity index (χ1) is 19.4. The van der Waals surface area contributed by atoms with Crippen molar-refractivity contribution in [3.63, 3.8) is 0 Å². The Kier molecular flexibility index (Phi) is 7.75. The largest absolute Gasteiger partial charge is 0.378 e. The number of piperazine rings is 1. The van der Waals surface area contributed by atoms with Crippen molar-refractivity contribution >= 4 is 27.1 Å². The Hall–Kier alpha value is -3.07. The van der Waals surface area contributed by atoms with E-state index in [1.807, 2.05) is 18.2 Å². The molecule has 2 fully saturated rings. The van der Waals surface area contributed by atoms with Gasteiger partial charge in [-0.3, -0.25) is 4.31 Å². The van der Waals surface area contributed by atoms with E-state index in [4.69, 9.17) is 4.74 Å². The summed E-state index contributed by atoms with van der Waals surface area (Å²) in [6.45, 7) is 9.37. The van der Waals surface area contributed by atoms with Gasteiger partial charge < -0.3 is 19.4 Å². The lowest BCUT2D eigenvalue weighted by Crippen LogP contribution is -2.46. The third kappa shape index (κ3) is 5.32. The van der Waals surface area contributed by atoms with Crippen molar-refractivity contribution in [1.82, 2.24) is 4.90 Å². The van der Waals surface area contributed by atoms with Crippen LogP contribution in [-0.2, 0) is 27.6 Å². The van der Waals surface area contributed by atoms with Gasteiger partial charge in [0, 0.05) is 56.7 Å². The third-order valence-electron chi connectivity index (χ3n) is 8.76. The summed E-state index contributed by atoms with van der Waals surface area (Å²) in [5, 5.41) is 0. The number of hydrogen-bond donors (Lipinski definition) is 0. The summed E-state index contributed by atoms with van der Waals surface area (Å²) in [5.41, 5.74) is 7.12. The van der Waals surface area contributed by atoms with Gasteiger partial charge in [0.15, 0.2) is 0 Å². The summed E-state index contributed by atoms with van der Waals surface area (Å²) >= 11 is 0. The molecule has 0 N–H and O–H groups in total. The van der Waals surface area contributed by atoms with Gasteiger partial charge >= 0.3 is 0 Å². The number of rotatable bonds is 6. The van der Waals surface area contributed by atoms with Gasteiger partial charge in [0.25, 0.3) is 10.0 Å². The molecule has 7 nitrogen and oxygen atoms in total. The fraction of sp³-hybridized carbons (Fsp3) is 0.438. The van der Waals surface area contributed by atoms with E-state index in [0.29, 0.717) is 24.5 Å². The van der Waals surface area contributed by atoms with Crippen molar-refractivity contribution in [2.45, 2.75) is 37.1 Å². The highest BCUT2D eigenvalue weighted by molar-refractivity contribution is 7.92. The van der Waals surface area contributed by atoms with Crippen LogP contribution in [0.2, 0.25) is 0 Å².